The summed E-state index contributed by atoms with van der Waals surface area (Å²) >= 11 is 1.20. The minimum Gasteiger partial charge on any atom is -0.454 e. The summed E-state index contributed by atoms with van der Waals surface area (Å²) in [4.78, 5) is 12.9. The maximum absolute atomic E-state index is 12.1. The molecule has 3 rings (SSSR count). The number of hydrogen-bond donors (Lipinski definition) is 1. The molecule has 0 amide bonds. The van der Waals surface area contributed by atoms with E-state index in [4.69, 9.17) is 9.47 Å². The average molecular weight is 314 g/mol. The number of carbonyl (C=O) groups is 1. The molecule has 0 fully saturated rings. The Balaban J connectivity index is 1.74. The van der Waals surface area contributed by atoms with Crippen molar-refractivity contribution in [3.63, 3.8) is 0 Å². The fourth-order valence-corrected chi connectivity index (χ4v) is 2.78. The highest BCUT2D eigenvalue weighted by atomic mass is 32.2. The van der Waals surface area contributed by atoms with Crippen molar-refractivity contribution < 1.29 is 19.4 Å². The van der Waals surface area contributed by atoms with Crippen LogP contribution in [0.4, 0.5) is 0 Å². The van der Waals surface area contributed by atoms with Crippen LogP contribution in [0.2, 0.25) is 0 Å². The summed E-state index contributed by atoms with van der Waals surface area (Å²) in [5.74, 6) is 0.447. The van der Waals surface area contributed by atoms with Crippen molar-refractivity contribution in [1.82, 2.24) is 0 Å². The Hall–Kier alpha value is -2.24. The highest BCUT2D eigenvalue weighted by Gasteiger charge is 2.22. The van der Waals surface area contributed by atoms with Gasteiger partial charge in [-0.1, -0.05) is 24.3 Å². The molecule has 0 saturated carbocycles. The minimum absolute atomic E-state index is 0.377. The van der Waals surface area contributed by atoms with E-state index in [0.717, 1.165) is 16.0 Å². The van der Waals surface area contributed by atoms with Gasteiger partial charge >= 0.3 is 5.97 Å². The van der Waals surface area contributed by atoms with Gasteiger partial charge in [0.2, 0.25) is 0 Å². The van der Waals surface area contributed by atoms with Crippen LogP contribution in [-0.4, -0.2) is 16.7 Å². The Kier molecular flexibility index (Phi) is 3.92. The normalized spacial score (nSPS) is 15.8. The first-order valence-electron chi connectivity index (χ1n) is 6.66. The van der Waals surface area contributed by atoms with Crippen molar-refractivity contribution in [1.29, 1.82) is 0 Å². The van der Waals surface area contributed by atoms with E-state index in [1.807, 2.05) is 19.1 Å². The summed E-state index contributed by atoms with van der Waals surface area (Å²) in [5, 5.41) is 9.40. The molecule has 112 valence electrons. The van der Waals surface area contributed by atoms with Crippen LogP contribution in [0.1, 0.15) is 22.8 Å². The number of esters is 1. The number of benzene rings is 2. The molecule has 1 heterocycles. The number of rotatable bonds is 3. The topological polar surface area (TPSA) is 55.8 Å². The fraction of sp³-hybridized carbons (Fsp3) is 0.118. The summed E-state index contributed by atoms with van der Waals surface area (Å²) < 4.78 is 10.5. The van der Waals surface area contributed by atoms with Crippen molar-refractivity contribution in [3.8, 4) is 11.5 Å². The van der Waals surface area contributed by atoms with Crippen LogP contribution in [-0.2, 0) is 0 Å². The first-order chi connectivity index (χ1) is 10.5. The van der Waals surface area contributed by atoms with Crippen LogP contribution in [0, 0.1) is 0 Å². The zero-order valence-corrected chi connectivity index (χ0v) is 12.7. The van der Waals surface area contributed by atoms with E-state index < -0.39 is 11.6 Å². The Labute approximate surface area is 132 Å². The average Bonchev–Trinajstić information content (AvgIpc) is 2.86. The molecule has 1 aliphatic rings. The standard InChI is InChI=1S/C17H14O4S/c1-10(2)11-3-5-12(6-4-11)16(18)20-13-7-8-15-14(9-13)21-17(19)22-15/h3-9,17,19H,1H2,2H3. The molecule has 0 radical (unpaired) electrons. The number of ether oxygens (including phenoxy) is 2. The van der Waals surface area contributed by atoms with E-state index in [0.29, 0.717) is 17.1 Å². The molecule has 1 N–H and O–H groups in total. The monoisotopic (exact) mass is 314 g/mol. The van der Waals surface area contributed by atoms with E-state index in [2.05, 4.69) is 6.58 Å². The van der Waals surface area contributed by atoms with E-state index in [1.165, 1.54) is 11.8 Å². The fourth-order valence-electron chi connectivity index (χ4n) is 2.04. The molecule has 1 aliphatic heterocycles. The Morgan fingerprint density at radius 2 is 1.91 bits per heavy atom. The van der Waals surface area contributed by atoms with Crippen molar-refractivity contribution in [2.45, 2.75) is 17.4 Å². The van der Waals surface area contributed by atoms with Gasteiger partial charge in [0.25, 0.3) is 5.62 Å². The molecule has 2 aromatic carbocycles. The van der Waals surface area contributed by atoms with Gasteiger partial charge in [-0.3, -0.25) is 0 Å². The molecule has 4 nitrogen and oxygen atoms in total. The van der Waals surface area contributed by atoms with Crippen molar-refractivity contribution >= 4 is 23.3 Å². The molecule has 22 heavy (non-hydrogen) atoms. The van der Waals surface area contributed by atoms with Gasteiger partial charge in [0, 0.05) is 6.07 Å². The van der Waals surface area contributed by atoms with E-state index in [1.54, 1.807) is 30.3 Å². The van der Waals surface area contributed by atoms with Gasteiger partial charge in [-0.2, -0.15) is 0 Å². The van der Waals surface area contributed by atoms with Gasteiger partial charge in [-0.05, 0) is 48.5 Å². The number of carbonyl (C=O) groups excluding carboxylic acids is 1. The molecule has 2 aromatic rings. The molecule has 1 unspecified atom stereocenters. The van der Waals surface area contributed by atoms with Crippen molar-refractivity contribution in [2.24, 2.45) is 0 Å². The van der Waals surface area contributed by atoms with Crippen LogP contribution in [0.3, 0.4) is 0 Å². The zero-order chi connectivity index (χ0) is 15.7. The second kappa shape index (κ2) is 5.87. The lowest BCUT2D eigenvalue weighted by atomic mass is 10.1. The van der Waals surface area contributed by atoms with Gasteiger partial charge < -0.3 is 14.6 Å². The number of fused-ring (bicyclic) bond motifs is 1. The molecule has 0 aromatic heterocycles. The predicted octanol–water partition coefficient (Wildman–Crippen LogP) is 3.70. The molecule has 5 heteroatoms. The van der Waals surface area contributed by atoms with Gasteiger partial charge in [-0.25, -0.2) is 4.79 Å². The van der Waals surface area contributed by atoms with E-state index in [9.17, 15) is 9.90 Å². The smallest absolute Gasteiger partial charge is 0.343 e. The summed E-state index contributed by atoms with van der Waals surface area (Å²) in [6, 6.07) is 12.1. The first kappa shape index (κ1) is 14.7. The predicted molar refractivity (Wildman–Crippen MR) is 85.0 cm³/mol. The number of allylic oxidation sites excluding steroid dienone is 1. The van der Waals surface area contributed by atoms with Gasteiger partial charge in [0.05, 0.1) is 10.5 Å². The maximum atomic E-state index is 12.1. The molecule has 0 bridgehead atoms. The van der Waals surface area contributed by atoms with Crippen molar-refractivity contribution in [2.75, 3.05) is 0 Å². The first-order valence-corrected chi connectivity index (χ1v) is 7.54. The summed E-state index contributed by atoms with van der Waals surface area (Å²) in [5.41, 5.74) is 1.47. The Morgan fingerprint density at radius 3 is 2.59 bits per heavy atom. The third-order valence-corrected chi connectivity index (χ3v) is 4.08. The highest BCUT2D eigenvalue weighted by molar-refractivity contribution is 8.00. The quantitative estimate of drug-likeness (QED) is 0.691. The lowest BCUT2D eigenvalue weighted by Crippen LogP contribution is -2.08. The number of hydrogen-bond acceptors (Lipinski definition) is 5. The van der Waals surface area contributed by atoms with Crippen molar-refractivity contribution in [3.05, 3.63) is 60.2 Å². The summed E-state index contributed by atoms with van der Waals surface area (Å²) in [7, 11) is 0. The maximum Gasteiger partial charge on any atom is 0.343 e. The molecular weight excluding hydrogens is 300 g/mol. The largest absolute Gasteiger partial charge is 0.454 e. The van der Waals surface area contributed by atoms with Crippen LogP contribution >= 0.6 is 11.8 Å². The van der Waals surface area contributed by atoms with Gasteiger partial charge in [-0.15, -0.1) is 0 Å². The third-order valence-electron chi connectivity index (χ3n) is 3.19. The zero-order valence-electron chi connectivity index (χ0n) is 11.9. The number of aliphatic hydroxyl groups is 1. The molecule has 0 aliphatic carbocycles. The highest BCUT2D eigenvalue weighted by Crippen LogP contribution is 2.41. The molecule has 0 saturated heterocycles. The second-order valence-corrected chi connectivity index (χ2v) is 5.98. The van der Waals surface area contributed by atoms with Crippen LogP contribution < -0.4 is 9.47 Å². The summed E-state index contributed by atoms with van der Waals surface area (Å²) in [6.07, 6.45) is 0. The van der Waals surface area contributed by atoms with Gasteiger partial charge in [0.1, 0.15) is 11.5 Å². The Bertz CT molecular complexity index is 737. The van der Waals surface area contributed by atoms with Crippen LogP contribution in [0.25, 0.3) is 5.57 Å². The van der Waals surface area contributed by atoms with Crippen LogP contribution in [0.15, 0.2) is 53.9 Å². The van der Waals surface area contributed by atoms with Gasteiger partial charge in [0.15, 0.2) is 0 Å². The van der Waals surface area contributed by atoms with E-state index in [-0.39, 0.29) is 0 Å². The minimum atomic E-state index is -0.907. The molecular formula is C17H14O4S. The number of aliphatic hydroxyl groups excluding tert-OH is 1. The lowest BCUT2D eigenvalue weighted by Gasteiger charge is -2.07. The van der Waals surface area contributed by atoms with E-state index >= 15 is 0 Å². The Morgan fingerprint density at radius 1 is 1.23 bits per heavy atom. The second-order valence-electron chi connectivity index (χ2n) is 4.90. The SMILES string of the molecule is C=C(C)c1ccc(C(=O)Oc2ccc3c(c2)OC(O)S3)cc1. The lowest BCUT2D eigenvalue weighted by molar-refractivity contribution is 0.0676. The van der Waals surface area contributed by atoms with Crippen LogP contribution in [0.5, 0.6) is 11.5 Å². The third kappa shape index (κ3) is 3.00. The number of thioether (sulfide) groups is 1. The molecule has 0 spiro atoms. The molecule has 1 atom stereocenters. The summed E-state index contributed by atoms with van der Waals surface area (Å²) in [6.45, 7) is 5.76.